The number of nitrogens with zero attached hydrogens (tertiary/aromatic N) is 2. The Morgan fingerprint density at radius 2 is 1.97 bits per heavy atom. The average molecular weight is 487 g/mol. The molecular weight excluding hydrogens is 459 g/mol. The van der Waals surface area contributed by atoms with Crippen molar-refractivity contribution in [2.24, 2.45) is 5.92 Å². The molecule has 1 aliphatic heterocycles. The topological polar surface area (TPSA) is 49.9 Å². The molecule has 0 aliphatic carbocycles. The van der Waals surface area contributed by atoms with Crippen molar-refractivity contribution < 1.29 is 18.7 Å². The van der Waals surface area contributed by atoms with Crippen molar-refractivity contribution in [3.8, 4) is 5.75 Å². The van der Waals surface area contributed by atoms with Crippen LogP contribution < -0.4 is 4.74 Å². The van der Waals surface area contributed by atoms with Gasteiger partial charge in [-0.05, 0) is 52.9 Å². The van der Waals surface area contributed by atoms with Gasteiger partial charge in [-0.25, -0.2) is 4.39 Å². The molecule has 0 unspecified atom stereocenters. The molecule has 2 aromatic heterocycles. The number of thiophene rings is 2. The molecule has 8 heteroatoms. The molecule has 3 aromatic rings. The lowest BCUT2D eigenvalue weighted by Crippen LogP contribution is -2.48. The van der Waals surface area contributed by atoms with Crippen molar-refractivity contribution in [1.82, 2.24) is 9.80 Å². The number of ether oxygens (including phenoxy) is 1. The quantitative estimate of drug-likeness (QED) is 0.437. The Labute approximate surface area is 201 Å². The molecule has 0 radical (unpaired) electrons. The molecule has 0 bridgehead atoms. The van der Waals surface area contributed by atoms with Gasteiger partial charge in [-0.1, -0.05) is 32.0 Å². The maximum Gasteiger partial charge on any atom is 0.264 e. The Kier molecular flexibility index (Phi) is 7.45. The lowest BCUT2D eigenvalue weighted by atomic mass is 10.00. The van der Waals surface area contributed by atoms with Gasteiger partial charge in [0.25, 0.3) is 5.91 Å². The normalized spacial score (nSPS) is 15.4. The molecule has 1 atom stereocenters. The first kappa shape index (κ1) is 23.4. The lowest BCUT2D eigenvalue weighted by molar-refractivity contribution is -0.135. The minimum absolute atomic E-state index is 0.00455. The largest absolute Gasteiger partial charge is 0.488 e. The maximum atomic E-state index is 14.1. The van der Waals surface area contributed by atoms with Crippen molar-refractivity contribution in [3.63, 3.8) is 0 Å². The fourth-order valence-corrected chi connectivity index (χ4v) is 5.69. The van der Waals surface area contributed by atoms with Crippen molar-refractivity contribution in [2.45, 2.75) is 26.3 Å². The Balaban J connectivity index is 1.53. The van der Waals surface area contributed by atoms with E-state index in [4.69, 9.17) is 4.74 Å². The van der Waals surface area contributed by atoms with Crippen LogP contribution in [-0.2, 0) is 11.2 Å². The van der Waals surface area contributed by atoms with E-state index in [-0.39, 0.29) is 42.7 Å². The number of amides is 2. The number of halogens is 1. The molecule has 33 heavy (non-hydrogen) atoms. The summed E-state index contributed by atoms with van der Waals surface area (Å²) < 4.78 is 19.9. The van der Waals surface area contributed by atoms with Crippen LogP contribution in [0.5, 0.6) is 5.75 Å². The molecule has 5 nitrogen and oxygen atoms in total. The molecular formula is C25H27FN2O3S2. The first-order chi connectivity index (χ1) is 15.9. The van der Waals surface area contributed by atoms with E-state index in [0.29, 0.717) is 18.0 Å². The van der Waals surface area contributed by atoms with E-state index < -0.39 is 5.82 Å². The molecule has 3 heterocycles. The Morgan fingerprint density at radius 1 is 1.15 bits per heavy atom. The van der Waals surface area contributed by atoms with Gasteiger partial charge in [0.15, 0.2) is 11.6 Å². The fraction of sp³-hybridized carbons (Fsp3) is 0.360. The monoisotopic (exact) mass is 486 g/mol. The first-order valence-corrected chi connectivity index (χ1v) is 12.8. The number of para-hydroxylation sites is 1. The molecule has 1 aromatic carbocycles. The zero-order valence-electron chi connectivity index (χ0n) is 18.7. The highest BCUT2D eigenvalue weighted by molar-refractivity contribution is 7.12. The summed E-state index contributed by atoms with van der Waals surface area (Å²) in [5.74, 6) is -0.284. The third kappa shape index (κ3) is 5.45. The van der Waals surface area contributed by atoms with Crippen LogP contribution in [0.3, 0.4) is 0 Å². The second kappa shape index (κ2) is 10.5. The van der Waals surface area contributed by atoms with Crippen molar-refractivity contribution in [3.05, 3.63) is 74.4 Å². The standard InChI is InChI=1S/C25H27FN2O3S2/c1-17(2)14-27(25(30)23-8-5-12-32-23)15-24(29)28-11-9-22-18(10-13-33-22)20(28)16-31-21-7-4-3-6-19(21)26/h3-8,10,12-13,17,20H,9,11,14-16H2,1-2H3/t20-/m0/s1. The zero-order chi connectivity index (χ0) is 23.4. The van der Waals surface area contributed by atoms with Gasteiger partial charge in [0.1, 0.15) is 13.2 Å². The molecule has 0 saturated carbocycles. The van der Waals surface area contributed by atoms with Crippen LogP contribution in [-0.4, -0.2) is 47.9 Å². The number of hydrogen-bond acceptors (Lipinski definition) is 5. The average Bonchev–Trinajstić information content (AvgIpc) is 3.49. The minimum atomic E-state index is -0.429. The highest BCUT2D eigenvalue weighted by Crippen LogP contribution is 2.34. The summed E-state index contributed by atoms with van der Waals surface area (Å²) in [5.41, 5.74) is 1.04. The van der Waals surface area contributed by atoms with Crippen LogP contribution in [0, 0.1) is 11.7 Å². The maximum absolute atomic E-state index is 14.1. The van der Waals surface area contributed by atoms with Crippen molar-refractivity contribution >= 4 is 34.5 Å². The predicted molar refractivity (Wildman–Crippen MR) is 129 cm³/mol. The SMILES string of the molecule is CC(C)CN(CC(=O)N1CCc2sccc2[C@@H]1COc1ccccc1F)C(=O)c1cccs1. The second-order valence-corrected chi connectivity index (χ2v) is 10.4. The van der Waals surface area contributed by atoms with E-state index in [2.05, 4.69) is 0 Å². The summed E-state index contributed by atoms with van der Waals surface area (Å²) in [6, 6.07) is 11.6. The van der Waals surface area contributed by atoms with E-state index in [1.54, 1.807) is 45.4 Å². The molecule has 1 aliphatic rings. The highest BCUT2D eigenvalue weighted by Gasteiger charge is 2.34. The van der Waals surface area contributed by atoms with Crippen LogP contribution >= 0.6 is 22.7 Å². The van der Waals surface area contributed by atoms with Gasteiger partial charge in [0.2, 0.25) is 5.91 Å². The molecule has 0 saturated heterocycles. The number of carbonyl (C=O) groups excluding carboxylic acids is 2. The highest BCUT2D eigenvalue weighted by atomic mass is 32.1. The molecule has 0 spiro atoms. The zero-order valence-corrected chi connectivity index (χ0v) is 20.3. The summed E-state index contributed by atoms with van der Waals surface area (Å²) >= 11 is 3.04. The fourth-order valence-electron chi connectivity index (χ4n) is 4.08. The predicted octanol–water partition coefficient (Wildman–Crippen LogP) is 5.25. The number of rotatable bonds is 8. The van der Waals surface area contributed by atoms with Crippen molar-refractivity contribution in [1.29, 1.82) is 0 Å². The smallest absolute Gasteiger partial charge is 0.264 e. The van der Waals surface area contributed by atoms with Crippen LogP contribution in [0.2, 0.25) is 0 Å². The first-order valence-electron chi connectivity index (χ1n) is 11.0. The van der Waals surface area contributed by atoms with Gasteiger partial charge in [-0.15, -0.1) is 22.7 Å². The van der Waals surface area contributed by atoms with Gasteiger partial charge in [-0.3, -0.25) is 9.59 Å². The van der Waals surface area contributed by atoms with E-state index in [1.165, 1.54) is 22.3 Å². The summed E-state index contributed by atoms with van der Waals surface area (Å²) in [6.45, 7) is 5.26. The number of benzene rings is 1. The molecule has 0 fully saturated rings. The van der Waals surface area contributed by atoms with Gasteiger partial charge in [0, 0.05) is 18.0 Å². The lowest BCUT2D eigenvalue weighted by Gasteiger charge is -2.37. The van der Waals surface area contributed by atoms with Gasteiger partial charge in [0.05, 0.1) is 10.9 Å². The van der Waals surface area contributed by atoms with Crippen LogP contribution in [0.1, 0.15) is 40.0 Å². The Hall–Kier alpha value is -2.71. The van der Waals surface area contributed by atoms with Gasteiger partial charge < -0.3 is 14.5 Å². The third-order valence-electron chi connectivity index (χ3n) is 5.58. The Bertz CT molecular complexity index is 1100. The number of fused-ring (bicyclic) bond motifs is 1. The summed E-state index contributed by atoms with van der Waals surface area (Å²) in [5, 5.41) is 3.88. The van der Waals surface area contributed by atoms with Crippen LogP contribution in [0.25, 0.3) is 0 Å². The van der Waals surface area contributed by atoms with Crippen molar-refractivity contribution in [2.75, 3.05) is 26.2 Å². The van der Waals surface area contributed by atoms with Gasteiger partial charge in [-0.2, -0.15) is 0 Å². The number of carbonyl (C=O) groups is 2. The molecule has 4 rings (SSSR count). The summed E-state index contributed by atoms with van der Waals surface area (Å²) in [4.78, 5) is 31.8. The molecule has 2 amide bonds. The third-order valence-corrected chi connectivity index (χ3v) is 7.43. The molecule has 0 N–H and O–H groups in total. The minimum Gasteiger partial charge on any atom is -0.488 e. The van der Waals surface area contributed by atoms with Crippen LogP contribution in [0.15, 0.2) is 53.2 Å². The van der Waals surface area contributed by atoms with Crippen LogP contribution in [0.4, 0.5) is 4.39 Å². The van der Waals surface area contributed by atoms with E-state index in [9.17, 15) is 14.0 Å². The Morgan fingerprint density at radius 3 is 2.70 bits per heavy atom. The van der Waals surface area contributed by atoms with E-state index >= 15 is 0 Å². The second-order valence-electron chi connectivity index (χ2n) is 8.45. The van der Waals surface area contributed by atoms with Gasteiger partial charge >= 0.3 is 0 Å². The number of hydrogen-bond donors (Lipinski definition) is 0. The molecule has 174 valence electrons. The van der Waals surface area contributed by atoms with E-state index in [0.717, 1.165) is 12.0 Å². The van der Waals surface area contributed by atoms with E-state index in [1.807, 2.05) is 36.7 Å². The summed E-state index contributed by atoms with van der Waals surface area (Å²) in [6.07, 6.45) is 0.762. The summed E-state index contributed by atoms with van der Waals surface area (Å²) in [7, 11) is 0.